The van der Waals surface area contributed by atoms with Crippen LogP contribution in [0.15, 0.2) is 30.5 Å². The largest absolute Gasteiger partial charge is 0.462 e. The molecule has 1 aromatic heterocycles. The highest BCUT2D eigenvalue weighted by molar-refractivity contribution is 6.02. The van der Waals surface area contributed by atoms with E-state index in [0.717, 1.165) is 17.7 Å². The van der Waals surface area contributed by atoms with Crippen LogP contribution >= 0.6 is 0 Å². The summed E-state index contributed by atoms with van der Waals surface area (Å²) in [6.45, 7) is 4.72. The molecule has 1 aromatic carbocycles. The van der Waals surface area contributed by atoms with Crippen LogP contribution in [-0.4, -0.2) is 34.3 Å². The lowest BCUT2D eigenvalue weighted by Gasteiger charge is -2.31. The summed E-state index contributed by atoms with van der Waals surface area (Å²) in [5.74, 6) is -0.684. The van der Waals surface area contributed by atoms with Gasteiger partial charge >= 0.3 is 5.97 Å². The number of benzene rings is 1. The number of nitrogens with zero attached hydrogens (tertiary/aromatic N) is 2. The molecule has 25 heavy (non-hydrogen) atoms. The fraction of sp³-hybridized carbons (Fsp3) is 0.389. The summed E-state index contributed by atoms with van der Waals surface area (Å²) in [6, 6.07) is 7.88. The summed E-state index contributed by atoms with van der Waals surface area (Å²) in [7, 11) is 1.68. The van der Waals surface area contributed by atoms with E-state index in [4.69, 9.17) is 4.74 Å². The molecule has 0 radical (unpaired) electrons. The van der Waals surface area contributed by atoms with Crippen molar-refractivity contribution in [1.82, 2.24) is 15.1 Å². The lowest BCUT2D eigenvalue weighted by Crippen LogP contribution is -2.43. The van der Waals surface area contributed by atoms with E-state index in [0.29, 0.717) is 5.82 Å². The molecule has 2 atom stereocenters. The van der Waals surface area contributed by atoms with Crippen LogP contribution in [0.4, 0.5) is 5.82 Å². The van der Waals surface area contributed by atoms with Gasteiger partial charge in [-0.3, -0.25) is 9.48 Å². The minimum absolute atomic E-state index is 0.0193. The van der Waals surface area contributed by atoms with Crippen molar-refractivity contribution in [2.24, 2.45) is 7.05 Å². The summed E-state index contributed by atoms with van der Waals surface area (Å²) in [6.07, 6.45) is 1.41. The molecule has 1 amide bonds. The Morgan fingerprint density at radius 1 is 1.40 bits per heavy atom. The van der Waals surface area contributed by atoms with E-state index in [1.807, 2.05) is 31.2 Å². The summed E-state index contributed by atoms with van der Waals surface area (Å²) < 4.78 is 6.50. The van der Waals surface area contributed by atoms with E-state index in [1.54, 1.807) is 14.0 Å². The molecule has 2 unspecified atom stereocenters. The van der Waals surface area contributed by atoms with Gasteiger partial charge in [-0.25, -0.2) is 4.79 Å². The van der Waals surface area contributed by atoms with Crippen LogP contribution in [0.25, 0.3) is 0 Å². The van der Waals surface area contributed by atoms with Gasteiger partial charge in [-0.1, -0.05) is 24.3 Å². The quantitative estimate of drug-likeness (QED) is 0.828. The smallest absolute Gasteiger partial charge is 0.343 e. The summed E-state index contributed by atoms with van der Waals surface area (Å²) in [4.78, 5) is 25.0. The average molecular weight is 342 g/mol. The first kappa shape index (κ1) is 17.2. The Balaban J connectivity index is 1.89. The molecule has 132 valence electrons. The normalized spacial score (nSPS) is 19.2. The molecule has 7 heteroatoms. The Hall–Kier alpha value is -2.67. The first-order valence-electron chi connectivity index (χ1n) is 8.34. The van der Waals surface area contributed by atoms with Gasteiger partial charge in [0.15, 0.2) is 0 Å². The standard InChI is InChI=1S/C18H22N4O3/c1-4-25-18(24)14-10-20-22(3)16(14)21-17(23)15-11(2)19-9-12-7-5-6-8-13(12)15/h5-8,10-11,15,19H,4,9H2,1-3H3,(H,21,23). The van der Waals surface area contributed by atoms with Crippen LogP contribution in [0.3, 0.4) is 0 Å². The van der Waals surface area contributed by atoms with Crippen LogP contribution < -0.4 is 10.6 Å². The van der Waals surface area contributed by atoms with E-state index in [9.17, 15) is 9.59 Å². The number of aryl methyl sites for hydroxylation is 1. The fourth-order valence-electron chi connectivity index (χ4n) is 3.16. The van der Waals surface area contributed by atoms with Crippen LogP contribution in [0.2, 0.25) is 0 Å². The van der Waals surface area contributed by atoms with Gasteiger partial charge in [-0.15, -0.1) is 0 Å². The highest BCUT2D eigenvalue weighted by Gasteiger charge is 2.33. The van der Waals surface area contributed by atoms with Gasteiger partial charge in [-0.2, -0.15) is 5.10 Å². The SMILES string of the molecule is CCOC(=O)c1cnn(C)c1NC(=O)C1c2ccccc2CNC1C. The molecule has 0 saturated carbocycles. The number of carbonyl (C=O) groups excluding carboxylic acids is 2. The number of esters is 1. The molecule has 0 saturated heterocycles. The maximum atomic E-state index is 13.0. The molecule has 0 fully saturated rings. The van der Waals surface area contributed by atoms with Gasteiger partial charge in [0.2, 0.25) is 5.91 Å². The second-order valence-corrected chi connectivity index (χ2v) is 6.09. The number of ether oxygens (including phenoxy) is 1. The lowest BCUT2D eigenvalue weighted by atomic mass is 9.85. The van der Waals surface area contributed by atoms with Gasteiger partial charge in [0.05, 0.1) is 18.7 Å². The minimum atomic E-state index is -0.499. The van der Waals surface area contributed by atoms with Gasteiger partial charge < -0.3 is 15.4 Å². The van der Waals surface area contributed by atoms with Gasteiger partial charge in [0.25, 0.3) is 0 Å². The van der Waals surface area contributed by atoms with Crippen molar-refractivity contribution in [3.05, 3.63) is 47.2 Å². The van der Waals surface area contributed by atoms with Crippen LogP contribution in [0.1, 0.15) is 41.3 Å². The van der Waals surface area contributed by atoms with Gasteiger partial charge in [-0.05, 0) is 25.0 Å². The monoisotopic (exact) mass is 342 g/mol. The summed E-state index contributed by atoms with van der Waals surface area (Å²) in [5.41, 5.74) is 2.37. The predicted octanol–water partition coefficient (Wildman–Crippen LogP) is 1.81. The van der Waals surface area contributed by atoms with E-state index in [2.05, 4.69) is 15.7 Å². The second kappa shape index (κ2) is 7.06. The number of fused-ring (bicyclic) bond motifs is 1. The number of anilines is 1. The highest BCUT2D eigenvalue weighted by atomic mass is 16.5. The van der Waals surface area contributed by atoms with E-state index < -0.39 is 5.97 Å². The number of amides is 1. The first-order chi connectivity index (χ1) is 12.0. The third-order valence-corrected chi connectivity index (χ3v) is 4.46. The number of carbonyl (C=O) groups is 2. The minimum Gasteiger partial charge on any atom is -0.462 e. The molecule has 0 spiro atoms. The lowest BCUT2D eigenvalue weighted by molar-refractivity contribution is -0.118. The number of hydrogen-bond acceptors (Lipinski definition) is 5. The second-order valence-electron chi connectivity index (χ2n) is 6.09. The van der Waals surface area contributed by atoms with E-state index in [1.165, 1.54) is 10.9 Å². The molecule has 3 rings (SSSR count). The summed E-state index contributed by atoms with van der Waals surface area (Å²) >= 11 is 0. The molecule has 2 N–H and O–H groups in total. The third-order valence-electron chi connectivity index (χ3n) is 4.46. The molecular weight excluding hydrogens is 320 g/mol. The van der Waals surface area contributed by atoms with Crippen molar-refractivity contribution >= 4 is 17.7 Å². The molecule has 1 aliphatic heterocycles. The van der Waals surface area contributed by atoms with Crippen molar-refractivity contribution in [2.45, 2.75) is 32.4 Å². The number of aromatic nitrogens is 2. The average Bonchev–Trinajstić information content (AvgIpc) is 2.95. The van der Waals surface area contributed by atoms with Crippen LogP contribution in [0.5, 0.6) is 0 Å². The maximum Gasteiger partial charge on any atom is 0.343 e. The molecule has 0 bridgehead atoms. The third kappa shape index (κ3) is 3.28. The van der Waals surface area contributed by atoms with Crippen molar-refractivity contribution < 1.29 is 14.3 Å². The number of hydrogen-bond donors (Lipinski definition) is 2. The predicted molar refractivity (Wildman–Crippen MR) is 93.3 cm³/mol. The maximum absolute atomic E-state index is 13.0. The van der Waals surface area contributed by atoms with Crippen molar-refractivity contribution in [2.75, 3.05) is 11.9 Å². The zero-order valence-electron chi connectivity index (χ0n) is 14.6. The topological polar surface area (TPSA) is 85.2 Å². The Morgan fingerprint density at radius 3 is 2.92 bits per heavy atom. The Morgan fingerprint density at radius 2 is 2.16 bits per heavy atom. The molecule has 1 aliphatic rings. The van der Waals surface area contributed by atoms with E-state index in [-0.39, 0.29) is 30.0 Å². The molecule has 2 aromatic rings. The van der Waals surface area contributed by atoms with Crippen molar-refractivity contribution in [1.29, 1.82) is 0 Å². The highest BCUT2D eigenvalue weighted by Crippen LogP contribution is 2.29. The molecule has 2 heterocycles. The zero-order valence-corrected chi connectivity index (χ0v) is 14.6. The molecular formula is C18H22N4O3. The number of nitrogens with one attached hydrogen (secondary N) is 2. The first-order valence-corrected chi connectivity index (χ1v) is 8.34. The Labute approximate surface area is 146 Å². The van der Waals surface area contributed by atoms with Crippen molar-refractivity contribution in [3.8, 4) is 0 Å². The molecule has 0 aliphatic carbocycles. The number of rotatable bonds is 4. The fourth-order valence-corrected chi connectivity index (χ4v) is 3.16. The molecule has 7 nitrogen and oxygen atoms in total. The van der Waals surface area contributed by atoms with Crippen LogP contribution in [0, 0.1) is 0 Å². The van der Waals surface area contributed by atoms with Gasteiger partial charge in [0, 0.05) is 19.6 Å². The van der Waals surface area contributed by atoms with Crippen molar-refractivity contribution in [3.63, 3.8) is 0 Å². The summed E-state index contributed by atoms with van der Waals surface area (Å²) in [5, 5.41) is 10.3. The zero-order chi connectivity index (χ0) is 18.0. The Bertz CT molecular complexity index is 799. The van der Waals surface area contributed by atoms with Crippen LogP contribution in [-0.2, 0) is 23.1 Å². The van der Waals surface area contributed by atoms with Gasteiger partial charge in [0.1, 0.15) is 11.4 Å². The Kier molecular flexibility index (Phi) is 4.85. The van der Waals surface area contributed by atoms with E-state index >= 15 is 0 Å².